The second kappa shape index (κ2) is 2.51. The van der Waals surface area contributed by atoms with E-state index in [9.17, 15) is 0 Å². The number of methoxy groups -OCH3 is 1. The smallest absolute Gasteiger partial charge is 0.240 e. The highest BCUT2D eigenvalue weighted by Gasteiger charge is 2.09. The Hall–Kier alpha value is -1.97. The highest BCUT2D eigenvalue weighted by atomic mass is 16.5. The lowest BCUT2D eigenvalue weighted by Gasteiger charge is -1.93. The number of rotatable bonds is 1. The number of hydrogen-bond donors (Lipinski definition) is 1. The molecule has 2 aromatic heterocycles. The van der Waals surface area contributed by atoms with Crippen molar-refractivity contribution >= 4 is 21.9 Å². The van der Waals surface area contributed by atoms with Gasteiger partial charge in [0.05, 0.1) is 24.3 Å². The minimum atomic E-state index is 0.614. The third kappa shape index (κ3) is 0.797. The summed E-state index contributed by atoms with van der Waals surface area (Å²) in [4.78, 5) is 0. The predicted molar refractivity (Wildman–Crippen MR) is 52.4 cm³/mol. The Kier molecular flexibility index (Phi) is 1.33. The van der Waals surface area contributed by atoms with E-state index in [0.29, 0.717) is 5.88 Å². The number of aromatic nitrogens is 2. The third-order valence-electron chi connectivity index (χ3n) is 2.33. The van der Waals surface area contributed by atoms with E-state index >= 15 is 0 Å². The van der Waals surface area contributed by atoms with Crippen molar-refractivity contribution in [2.75, 3.05) is 7.11 Å². The van der Waals surface area contributed by atoms with E-state index in [1.54, 1.807) is 13.4 Å². The molecule has 1 N–H and O–H groups in total. The van der Waals surface area contributed by atoms with Crippen LogP contribution in [0, 0.1) is 0 Å². The van der Waals surface area contributed by atoms with Crippen LogP contribution in [0.15, 0.2) is 28.9 Å². The van der Waals surface area contributed by atoms with Crippen LogP contribution in [0.25, 0.3) is 21.9 Å². The second-order valence-electron chi connectivity index (χ2n) is 3.05. The maximum atomic E-state index is 5.28. The molecule has 3 rings (SSSR count). The van der Waals surface area contributed by atoms with Gasteiger partial charge in [0.25, 0.3) is 0 Å². The number of ether oxygens (including phenoxy) is 1. The Morgan fingerprint density at radius 2 is 2.21 bits per heavy atom. The number of aromatic amines is 1. The summed E-state index contributed by atoms with van der Waals surface area (Å²) in [5.41, 5.74) is 1.80. The molecular weight excluding hydrogens is 180 g/mol. The topological polar surface area (TPSA) is 51.0 Å². The second-order valence-corrected chi connectivity index (χ2v) is 3.05. The number of nitrogens with zero attached hydrogens (tertiary/aromatic N) is 1. The Labute approximate surface area is 79.5 Å². The van der Waals surface area contributed by atoms with E-state index in [1.165, 1.54) is 0 Å². The van der Waals surface area contributed by atoms with Crippen molar-refractivity contribution in [1.82, 2.24) is 10.2 Å². The molecule has 0 spiro atoms. The minimum Gasteiger partial charge on any atom is -0.480 e. The van der Waals surface area contributed by atoms with Gasteiger partial charge < -0.3 is 9.15 Å². The first-order valence-corrected chi connectivity index (χ1v) is 4.28. The van der Waals surface area contributed by atoms with E-state index in [0.717, 1.165) is 21.9 Å². The summed E-state index contributed by atoms with van der Waals surface area (Å²) in [7, 11) is 1.61. The van der Waals surface area contributed by atoms with Gasteiger partial charge >= 0.3 is 0 Å². The fourth-order valence-corrected chi connectivity index (χ4v) is 1.67. The van der Waals surface area contributed by atoms with Crippen LogP contribution >= 0.6 is 0 Å². The number of nitrogens with one attached hydrogen (secondary N) is 1. The highest BCUT2D eigenvalue weighted by Crippen LogP contribution is 2.29. The molecule has 70 valence electrons. The minimum absolute atomic E-state index is 0.614. The monoisotopic (exact) mass is 188 g/mol. The first-order valence-electron chi connectivity index (χ1n) is 4.28. The molecule has 4 heteroatoms. The van der Waals surface area contributed by atoms with E-state index in [-0.39, 0.29) is 0 Å². The SMILES string of the molecule is COc1n[nH]c2c1ccc1occc12. The molecule has 1 aromatic carbocycles. The lowest BCUT2D eigenvalue weighted by atomic mass is 10.2. The van der Waals surface area contributed by atoms with Gasteiger partial charge in [-0.2, -0.15) is 0 Å². The number of fused-ring (bicyclic) bond motifs is 3. The van der Waals surface area contributed by atoms with Crippen molar-refractivity contribution < 1.29 is 9.15 Å². The fourth-order valence-electron chi connectivity index (χ4n) is 1.67. The molecule has 0 aliphatic heterocycles. The van der Waals surface area contributed by atoms with Gasteiger partial charge in [0.1, 0.15) is 5.58 Å². The van der Waals surface area contributed by atoms with E-state index < -0.39 is 0 Å². The van der Waals surface area contributed by atoms with Gasteiger partial charge in [-0.25, -0.2) is 0 Å². The summed E-state index contributed by atoms with van der Waals surface area (Å²) in [6.45, 7) is 0. The van der Waals surface area contributed by atoms with Crippen molar-refractivity contribution in [2.24, 2.45) is 0 Å². The Morgan fingerprint density at radius 3 is 3.07 bits per heavy atom. The maximum Gasteiger partial charge on any atom is 0.240 e. The summed E-state index contributed by atoms with van der Waals surface area (Å²) in [6.07, 6.45) is 1.66. The lowest BCUT2D eigenvalue weighted by molar-refractivity contribution is 0.401. The molecule has 2 heterocycles. The van der Waals surface area contributed by atoms with E-state index in [4.69, 9.17) is 9.15 Å². The molecule has 0 fully saturated rings. The summed E-state index contributed by atoms with van der Waals surface area (Å²) in [6, 6.07) is 5.76. The molecule has 0 bridgehead atoms. The normalized spacial score (nSPS) is 11.2. The Bertz CT molecular complexity index is 594. The van der Waals surface area contributed by atoms with E-state index in [2.05, 4.69) is 10.2 Å². The molecule has 0 atom stereocenters. The quantitative estimate of drug-likeness (QED) is 0.637. The highest BCUT2D eigenvalue weighted by molar-refractivity contribution is 6.05. The fraction of sp³-hybridized carbons (Fsp3) is 0.100. The van der Waals surface area contributed by atoms with Gasteiger partial charge in [0.15, 0.2) is 0 Å². The molecule has 0 radical (unpaired) electrons. The van der Waals surface area contributed by atoms with Crippen LogP contribution in [0.5, 0.6) is 5.88 Å². The Balaban J connectivity index is 2.52. The van der Waals surface area contributed by atoms with Crippen LogP contribution in [-0.4, -0.2) is 17.3 Å². The molecule has 0 saturated heterocycles. The van der Waals surface area contributed by atoms with Crippen LogP contribution in [0.2, 0.25) is 0 Å². The molecule has 0 saturated carbocycles. The van der Waals surface area contributed by atoms with Crippen LogP contribution in [0.3, 0.4) is 0 Å². The number of H-pyrrole nitrogens is 1. The lowest BCUT2D eigenvalue weighted by Crippen LogP contribution is -1.81. The molecule has 0 unspecified atom stereocenters. The number of hydrogen-bond acceptors (Lipinski definition) is 3. The third-order valence-corrected chi connectivity index (χ3v) is 2.33. The van der Waals surface area contributed by atoms with Gasteiger partial charge in [-0.15, -0.1) is 5.10 Å². The molecule has 3 aromatic rings. The Morgan fingerprint density at radius 1 is 1.29 bits per heavy atom. The molecule has 0 aliphatic carbocycles. The van der Waals surface area contributed by atoms with Gasteiger partial charge in [0.2, 0.25) is 5.88 Å². The van der Waals surface area contributed by atoms with Gasteiger partial charge in [-0.1, -0.05) is 0 Å². The molecular formula is C10H8N2O2. The average Bonchev–Trinajstić information content (AvgIpc) is 2.82. The van der Waals surface area contributed by atoms with Gasteiger partial charge in [0, 0.05) is 5.39 Å². The summed E-state index contributed by atoms with van der Waals surface area (Å²) >= 11 is 0. The van der Waals surface area contributed by atoms with Crippen molar-refractivity contribution in [3.63, 3.8) is 0 Å². The first-order chi connectivity index (χ1) is 6.90. The number of furan rings is 1. The van der Waals surface area contributed by atoms with Crippen molar-refractivity contribution in [2.45, 2.75) is 0 Å². The summed E-state index contributed by atoms with van der Waals surface area (Å²) in [5.74, 6) is 0.614. The molecule has 14 heavy (non-hydrogen) atoms. The first kappa shape index (κ1) is 7.44. The molecule has 0 aliphatic rings. The maximum absolute atomic E-state index is 5.28. The zero-order valence-electron chi connectivity index (χ0n) is 7.57. The van der Waals surface area contributed by atoms with Crippen LogP contribution < -0.4 is 4.74 Å². The summed E-state index contributed by atoms with van der Waals surface area (Å²) in [5, 5.41) is 8.99. The largest absolute Gasteiger partial charge is 0.480 e. The number of benzene rings is 1. The summed E-state index contributed by atoms with van der Waals surface area (Å²) < 4.78 is 10.4. The standard InChI is InChI=1S/C10H8N2O2/c1-13-10-7-2-3-8-6(4-5-14-8)9(7)11-12-10/h2-5H,1H3,(H,11,12). The molecule has 0 amide bonds. The van der Waals surface area contributed by atoms with Gasteiger partial charge in [-0.05, 0) is 18.2 Å². The van der Waals surface area contributed by atoms with Crippen molar-refractivity contribution in [3.8, 4) is 5.88 Å². The zero-order chi connectivity index (χ0) is 9.54. The average molecular weight is 188 g/mol. The van der Waals surface area contributed by atoms with Crippen LogP contribution in [0.4, 0.5) is 0 Å². The van der Waals surface area contributed by atoms with Crippen LogP contribution in [-0.2, 0) is 0 Å². The van der Waals surface area contributed by atoms with Crippen molar-refractivity contribution in [3.05, 3.63) is 24.5 Å². The molecule has 4 nitrogen and oxygen atoms in total. The van der Waals surface area contributed by atoms with Crippen molar-refractivity contribution in [1.29, 1.82) is 0 Å². The van der Waals surface area contributed by atoms with Crippen LogP contribution in [0.1, 0.15) is 0 Å². The van der Waals surface area contributed by atoms with E-state index in [1.807, 2.05) is 18.2 Å². The zero-order valence-corrected chi connectivity index (χ0v) is 7.57. The van der Waals surface area contributed by atoms with Gasteiger partial charge in [-0.3, -0.25) is 5.10 Å². The predicted octanol–water partition coefficient (Wildman–Crippen LogP) is 2.32.